The molecule has 0 aliphatic rings. The standard InChI is InChI=1S/C22H24N2O2/c1-3-26-21-9-5-4-8-19(21)23-22(25)16-20(24-14-6-7-15-24)18-12-10-17(2)11-13-18/h4-15,20H,3,16H2,1-2H3,(H,23,25)/t20-/m1/s1. The molecule has 2 aromatic carbocycles. The molecule has 0 spiro atoms. The van der Waals surface area contributed by atoms with Gasteiger partial charge >= 0.3 is 0 Å². The average Bonchev–Trinajstić information content (AvgIpc) is 3.17. The molecule has 0 bridgehead atoms. The van der Waals surface area contributed by atoms with Crippen molar-refractivity contribution in [1.82, 2.24) is 4.57 Å². The largest absolute Gasteiger partial charge is 0.492 e. The zero-order chi connectivity index (χ0) is 18.4. The fraction of sp³-hybridized carbons (Fsp3) is 0.227. The van der Waals surface area contributed by atoms with Gasteiger partial charge < -0.3 is 14.6 Å². The van der Waals surface area contributed by atoms with Crippen molar-refractivity contribution in [2.75, 3.05) is 11.9 Å². The first-order valence-corrected chi connectivity index (χ1v) is 8.88. The Labute approximate surface area is 154 Å². The third-order valence-electron chi connectivity index (χ3n) is 4.29. The molecule has 1 amide bonds. The molecule has 0 saturated carbocycles. The number of anilines is 1. The summed E-state index contributed by atoms with van der Waals surface area (Å²) in [6.45, 7) is 4.55. The summed E-state index contributed by atoms with van der Waals surface area (Å²) in [5, 5.41) is 2.99. The van der Waals surface area contributed by atoms with Crippen LogP contribution < -0.4 is 10.1 Å². The molecule has 1 atom stereocenters. The van der Waals surface area contributed by atoms with Gasteiger partial charge in [-0.15, -0.1) is 0 Å². The van der Waals surface area contributed by atoms with Gasteiger partial charge in [0.2, 0.25) is 5.91 Å². The van der Waals surface area contributed by atoms with Crippen LogP contribution in [0.4, 0.5) is 5.69 Å². The lowest BCUT2D eigenvalue weighted by Gasteiger charge is -2.20. The molecule has 0 aliphatic carbocycles. The van der Waals surface area contributed by atoms with Crippen molar-refractivity contribution in [3.8, 4) is 5.75 Å². The predicted molar refractivity (Wildman–Crippen MR) is 105 cm³/mol. The van der Waals surface area contributed by atoms with Gasteiger partial charge in [-0.2, -0.15) is 0 Å². The van der Waals surface area contributed by atoms with Crippen LogP contribution in [0.3, 0.4) is 0 Å². The summed E-state index contributed by atoms with van der Waals surface area (Å²) >= 11 is 0. The number of nitrogens with one attached hydrogen (secondary N) is 1. The van der Waals surface area contributed by atoms with E-state index in [1.807, 2.05) is 55.7 Å². The monoisotopic (exact) mass is 348 g/mol. The smallest absolute Gasteiger partial charge is 0.226 e. The number of carbonyl (C=O) groups is 1. The summed E-state index contributed by atoms with van der Waals surface area (Å²) in [5.41, 5.74) is 3.02. The fourth-order valence-corrected chi connectivity index (χ4v) is 2.97. The highest BCUT2D eigenvalue weighted by Crippen LogP contribution is 2.27. The first-order chi connectivity index (χ1) is 12.7. The third-order valence-corrected chi connectivity index (χ3v) is 4.29. The molecule has 0 aliphatic heterocycles. The summed E-state index contributed by atoms with van der Waals surface area (Å²) in [4.78, 5) is 12.7. The van der Waals surface area contributed by atoms with Gasteiger partial charge in [0, 0.05) is 12.4 Å². The quantitative estimate of drug-likeness (QED) is 0.665. The van der Waals surface area contributed by atoms with E-state index in [-0.39, 0.29) is 11.9 Å². The second kappa shape index (κ2) is 8.39. The van der Waals surface area contributed by atoms with Crippen molar-refractivity contribution in [3.63, 3.8) is 0 Å². The third kappa shape index (κ3) is 4.33. The number of aryl methyl sites for hydroxylation is 1. The van der Waals surface area contributed by atoms with E-state index in [9.17, 15) is 4.79 Å². The predicted octanol–water partition coefficient (Wildman–Crippen LogP) is 4.81. The summed E-state index contributed by atoms with van der Waals surface area (Å²) in [7, 11) is 0. The van der Waals surface area contributed by atoms with Gasteiger partial charge in [-0.3, -0.25) is 4.79 Å². The fourth-order valence-electron chi connectivity index (χ4n) is 2.97. The second-order valence-corrected chi connectivity index (χ2v) is 6.24. The van der Waals surface area contributed by atoms with Crippen LogP contribution in [-0.2, 0) is 4.79 Å². The van der Waals surface area contributed by atoms with E-state index in [2.05, 4.69) is 41.1 Å². The normalized spacial score (nSPS) is 11.8. The number of amides is 1. The van der Waals surface area contributed by atoms with Crippen LogP contribution in [-0.4, -0.2) is 17.1 Å². The molecule has 0 saturated heterocycles. The number of para-hydroxylation sites is 2. The zero-order valence-corrected chi connectivity index (χ0v) is 15.2. The maximum absolute atomic E-state index is 12.7. The van der Waals surface area contributed by atoms with Crippen molar-refractivity contribution in [2.45, 2.75) is 26.3 Å². The minimum absolute atomic E-state index is 0.0450. The Hall–Kier alpha value is -3.01. The molecule has 3 aromatic rings. The molecular weight excluding hydrogens is 324 g/mol. The van der Waals surface area contributed by atoms with E-state index >= 15 is 0 Å². The minimum atomic E-state index is -0.0511. The topological polar surface area (TPSA) is 43.3 Å². The van der Waals surface area contributed by atoms with Crippen LogP contribution in [0.5, 0.6) is 5.75 Å². The molecule has 0 radical (unpaired) electrons. The van der Waals surface area contributed by atoms with Crippen LogP contribution in [0.15, 0.2) is 73.1 Å². The van der Waals surface area contributed by atoms with Crippen molar-refractivity contribution in [3.05, 3.63) is 84.2 Å². The number of aromatic nitrogens is 1. The lowest BCUT2D eigenvalue weighted by atomic mass is 10.0. The van der Waals surface area contributed by atoms with Crippen LogP contribution in [0.2, 0.25) is 0 Å². The van der Waals surface area contributed by atoms with Crippen molar-refractivity contribution in [1.29, 1.82) is 0 Å². The summed E-state index contributed by atoms with van der Waals surface area (Å²) in [6, 6.07) is 19.7. The zero-order valence-electron chi connectivity index (χ0n) is 15.2. The Balaban J connectivity index is 1.79. The van der Waals surface area contributed by atoms with E-state index in [1.165, 1.54) is 5.56 Å². The van der Waals surface area contributed by atoms with Crippen molar-refractivity contribution in [2.24, 2.45) is 0 Å². The number of hydrogen-bond acceptors (Lipinski definition) is 2. The molecule has 1 heterocycles. The molecule has 1 aromatic heterocycles. The van der Waals surface area contributed by atoms with Gasteiger partial charge in [-0.25, -0.2) is 0 Å². The lowest BCUT2D eigenvalue weighted by Crippen LogP contribution is -2.20. The van der Waals surface area contributed by atoms with E-state index in [0.29, 0.717) is 24.5 Å². The number of nitrogens with zero attached hydrogens (tertiary/aromatic N) is 1. The van der Waals surface area contributed by atoms with E-state index in [4.69, 9.17) is 4.74 Å². The molecule has 4 heteroatoms. The first-order valence-electron chi connectivity index (χ1n) is 8.88. The summed E-state index contributed by atoms with van der Waals surface area (Å²) < 4.78 is 7.66. The summed E-state index contributed by atoms with van der Waals surface area (Å²) in [5.74, 6) is 0.646. The maximum atomic E-state index is 12.7. The summed E-state index contributed by atoms with van der Waals surface area (Å²) in [6.07, 6.45) is 4.33. The number of ether oxygens (including phenoxy) is 1. The van der Waals surface area contributed by atoms with Crippen molar-refractivity contribution >= 4 is 11.6 Å². The van der Waals surface area contributed by atoms with E-state index in [1.54, 1.807) is 0 Å². The lowest BCUT2D eigenvalue weighted by molar-refractivity contribution is -0.116. The highest BCUT2D eigenvalue weighted by atomic mass is 16.5. The molecule has 134 valence electrons. The number of rotatable bonds is 7. The Morgan fingerprint density at radius 2 is 1.73 bits per heavy atom. The first kappa shape index (κ1) is 17.8. The van der Waals surface area contributed by atoms with Gasteiger partial charge in [0.1, 0.15) is 5.75 Å². The van der Waals surface area contributed by atoms with E-state index in [0.717, 1.165) is 5.56 Å². The second-order valence-electron chi connectivity index (χ2n) is 6.24. The van der Waals surface area contributed by atoms with Crippen LogP contribution >= 0.6 is 0 Å². The molecule has 4 nitrogen and oxygen atoms in total. The van der Waals surface area contributed by atoms with Gasteiger partial charge in [0.05, 0.1) is 24.8 Å². The maximum Gasteiger partial charge on any atom is 0.226 e. The molecule has 26 heavy (non-hydrogen) atoms. The van der Waals surface area contributed by atoms with Gasteiger partial charge in [-0.05, 0) is 43.7 Å². The Kier molecular flexibility index (Phi) is 5.74. The molecule has 0 fully saturated rings. The SMILES string of the molecule is CCOc1ccccc1NC(=O)C[C@H](c1ccc(C)cc1)n1cccc1. The van der Waals surface area contributed by atoms with Gasteiger partial charge in [-0.1, -0.05) is 42.0 Å². The Morgan fingerprint density at radius 1 is 1.04 bits per heavy atom. The minimum Gasteiger partial charge on any atom is -0.492 e. The van der Waals surface area contributed by atoms with E-state index < -0.39 is 0 Å². The average molecular weight is 348 g/mol. The van der Waals surface area contributed by atoms with Crippen LogP contribution in [0, 0.1) is 6.92 Å². The van der Waals surface area contributed by atoms with Gasteiger partial charge in [0.15, 0.2) is 0 Å². The van der Waals surface area contributed by atoms with Crippen LogP contribution in [0.1, 0.15) is 30.5 Å². The number of hydrogen-bond donors (Lipinski definition) is 1. The number of carbonyl (C=O) groups excluding carboxylic acids is 1. The Morgan fingerprint density at radius 3 is 2.42 bits per heavy atom. The Bertz CT molecular complexity index is 839. The highest BCUT2D eigenvalue weighted by molar-refractivity contribution is 5.92. The number of benzene rings is 2. The molecule has 1 N–H and O–H groups in total. The molecular formula is C22H24N2O2. The molecule has 3 rings (SSSR count). The highest BCUT2D eigenvalue weighted by Gasteiger charge is 2.18. The van der Waals surface area contributed by atoms with Crippen LogP contribution in [0.25, 0.3) is 0 Å². The molecule has 0 unspecified atom stereocenters. The van der Waals surface area contributed by atoms with Gasteiger partial charge in [0.25, 0.3) is 0 Å². The van der Waals surface area contributed by atoms with Crippen molar-refractivity contribution < 1.29 is 9.53 Å².